The van der Waals surface area contributed by atoms with Gasteiger partial charge in [0, 0.05) is 29.4 Å². The normalized spacial score (nSPS) is 16.2. The van der Waals surface area contributed by atoms with E-state index in [0.29, 0.717) is 11.4 Å². The molecule has 0 bridgehead atoms. The first-order valence-corrected chi connectivity index (χ1v) is 9.21. The van der Waals surface area contributed by atoms with Crippen LogP contribution in [-0.4, -0.2) is 31.9 Å². The maximum absolute atomic E-state index is 12.5. The van der Waals surface area contributed by atoms with E-state index < -0.39 is 10.0 Å². The standard InChI is InChI=1S/C13H22N2O2S2/c1-3-7-14-9-12-8-13(10-18-12)19(16,17)15(4-2)11-5-6-11/h8,10-11,14H,3-7,9H2,1-2H3. The van der Waals surface area contributed by atoms with Gasteiger partial charge >= 0.3 is 0 Å². The molecule has 1 heterocycles. The Labute approximate surface area is 119 Å². The third-order valence-corrected chi connectivity index (χ3v) is 6.32. The van der Waals surface area contributed by atoms with Crippen molar-refractivity contribution in [3.63, 3.8) is 0 Å². The fourth-order valence-corrected chi connectivity index (χ4v) is 5.03. The van der Waals surface area contributed by atoms with Crippen LogP contribution in [0.1, 0.15) is 38.0 Å². The number of rotatable bonds is 8. The predicted molar refractivity (Wildman–Crippen MR) is 78.9 cm³/mol. The molecule has 1 aliphatic rings. The lowest BCUT2D eigenvalue weighted by atomic mass is 10.4. The van der Waals surface area contributed by atoms with Gasteiger partial charge in [0.1, 0.15) is 0 Å². The highest BCUT2D eigenvalue weighted by Crippen LogP contribution is 2.32. The Morgan fingerprint density at radius 3 is 2.74 bits per heavy atom. The highest BCUT2D eigenvalue weighted by atomic mass is 32.2. The second-order valence-electron chi connectivity index (χ2n) is 4.87. The SMILES string of the molecule is CCCNCc1cc(S(=O)(=O)N(CC)C2CC2)cs1. The number of nitrogens with zero attached hydrogens (tertiary/aromatic N) is 1. The van der Waals surface area contributed by atoms with Crippen molar-refractivity contribution in [2.75, 3.05) is 13.1 Å². The molecule has 1 aliphatic carbocycles. The topological polar surface area (TPSA) is 49.4 Å². The lowest BCUT2D eigenvalue weighted by Gasteiger charge is -2.18. The van der Waals surface area contributed by atoms with Crippen LogP contribution in [0, 0.1) is 0 Å². The molecule has 1 aromatic rings. The van der Waals surface area contributed by atoms with Crippen molar-refractivity contribution in [3.8, 4) is 0 Å². The van der Waals surface area contributed by atoms with E-state index in [1.54, 1.807) is 9.69 Å². The monoisotopic (exact) mass is 302 g/mol. The summed E-state index contributed by atoms with van der Waals surface area (Å²) in [5, 5.41) is 5.06. The fourth-order valence-electron chi connectivity index (χ4n) is 2.10. The summed E-state index contributed by atoms with van der Waals surface area (Å²) in [5.74, 6) is 0. The van der Waals surface area contributed by atoms with Crippen LogP contribution in [0.25, 0.3) is 0 Å². The van der Waals surface area contributed by atoms with Crippen LogP contribution in [0.15, 0.2) is 16.3 Å². The van der Waals surface area contributed by atoms with Crippen molar-refractivity contribution in [1.82, 2.24) is 9.62 Å². The van der Waals surface area contributed by atoms with Crippen molar-refractivity contribution in [2.24, 2.45) is 0 Å². The summed E-state index contributed by atoms with van der Waals surface area (Å²) in [5.41, 5.74) is 0. The van der Waals surface area contributed by atoms with Crippen LogP contribution in [-0.2, 0) is 16.6 Å². The summed E-state index contributed by atoms with van der Waals surface area (Å²) in [6.45, 7) is 6.30. The summed E-state index contributed by atoms with van der Waals surface area (Å²) in [6.07, 6.45) is 3.09. The molecular formula is C13H22N2O2S2. The van der Waals surface area contributed by atoms with Crippen LogP contribution >= 0.6 is 11.3 Å². The number of hydrogen-bond donors (Lipinski definition) is 1. The molecule has 0 atom stereocenters. The molecule has 108 valence electrons. The zero-order valence-electron chi connectivity index (χ0n) is 11.6. The van der Waals surface area contributed by atoms with Gasteiger partial charge in [-0.2, -0.15) is 4.31 Å². The Morgan fingerprint density at radius 2 is 2.16 bits per heavy atom. The fraction of sp³-hybridized carbons (Fsp3) is 0.692. The summed E-state index contributed by atoms with van der Waals surface area (Å²) < 4.78 is 26.6. The minimum Gasteiger partial charge on any atom is -0.312 e. The molecule has 19 heavy (non-hydrogen) atoms. The molecule has 1 fully saturated rings. The maximum Gasteiger partial charge on any atom is 0.244 e. The third-order valence-electron chi connectivity index (χ3n) is 3.23. The molecule has 0 saturated heterocycles. The first kappa shape index (κ1) is 15.0. The zero-order chi connectivity index (χ0) is 13.9. The molecule has 0 spiro atoms. The molecule has 1 N–H and O–H groups in total. The molecule has 0 radical (unpaired) electrons. The van der Waals surface area contributed by atoms with Gasteiger partial charge in [-0.15, -0.1) is 11.3 Å². The van der Waals surface area contributed by atoms with Crippen LogP contribution in [0.5, 0.6) is 0 Å². The van der Waals surface area contributed by atoms with Crippen LogP contribution in [0.4, 0.5) is 0 Å². The Bertz CT molecular complexity index is 506. The van der Waals surface area contributed by atoms with E-state index in [9.17, 15) is 8.42 Å². The van der Waals surface area contributed by atoms with E-state index in [0.717, 1.165) is 37.2 Å². The van der Waals surface area contributed by atoms with Gasteiger partial charge in [0.2, 0.25) is 10.0 Å². The van der Waals surface area contributed by atoms with E-state index in [4.69, 9.17) is 0 Å². The van der Waals surface area contributed by atoms with Gasteiger partial charge in [-0.1, -0.05) is 13.8 Å². The zero-order valence-corrected chi connectivity index (χ0v) is 13.2. The van der Waals surface area contributed by atoms with Crippen LogP contribution in [0.3, 0.4) is 0 Å². The van der Waals surface area contributed by atoms with Gasteiger partial charge in [-0.25, -0.2) is 8.42 Å². The Balaban J connectivity index is 2.07. The van der Waals surface area contributed by atoms with E-state index in [-0.39, 0.29) is 6.04 Å². The second-order valence-corrected chi connectivity index (χ2v) is 7.75. The molecule has 2 rings (SSSR count). The highest BCUT2D eigenvalue weighted by molar-refractivity contribution is 7.89. The summed E-state index contributed by atoms with van der Waals surface area (Å²) in [4.78, 5) is 1.54. The lowest BCUT2D eigenvalue weighted by molar-refractivity contribution is 0.421. The minimum atomic E-state index is -3.28. The smallest absolute Gasteiger partial charge is 0.244 e. The molecule has 0 aromatic carbocycles. The molecular weight excluding hydrogens is 280 g/mol. The Kier molecular flexibility index (Phi) is 5.00. The first-order valence-electron chi connectivity index (χ1n) is 6.89. The average Bonchev–Trinajstić information content (AvgIpc) is 3.07. The molecule has 1 saturated carbocycles. The molecule has 0 amide bonds. The maximum atomic E-state index is 12.5. The number of hydrogen-bond acceptors (Lipinski definition) is 4. The molecule has 4 nitrogen and oxygen atoms in total. The van der Waals surface area contributed by atoms with Gasteiger partial charge in [0.05, 0.1) is 4.90 Å². The number of nitrogens with one attached hydrogen (secondary N) is 1. The largest absolute Gasteiger partial charge is 0.312 e. The van der Waals surface area contributed by atoms with Gasteiger partial charge < -0.3 is 5.32 Å². The van der Waals surface area contributed by atoms with E-state index >= 15 is 0 Å². The minimum absolute atomic E-state index is 0.233. The van der Waals surface area contributed by atoms with E-state index in [1.807, 2.05) is 13.0 Å². The van der Waals surface area contributed by atoms with Crippen LogP contribution < -0.4 is 5.32 Å². The van der Waals surface area contributed by atoms with Crippen molar-refractivity contribution >= 4 is 21.4 Å². The highest BCUT2D eigenvalue weighted by Gasteiger charge is 2.37. The summed E-state index contributed by atoms with van der Waals surface area (Å²) in [6, 6.07) is 2.05. The Morgan fingerprint density at radius 1 is 1.42 bits per heavy atom. The van der Waals surface area contributed by atoms with E-state index in [1.165, 1.54) is 11.3 Å². The molecule has 6 heteroatoms. The molecule has 0 unspecified atom stereocenters. The molecule has 1 aromatic heterocycles. The van der Waals surface area contributed by atoms with Gasteiger partial charge in [-0.3, -0.25) is 0 Å². The van der Waals surface area contributed by atoms with E-state index in [2.05, 4.69) is 12.2 Å². The number of thiophene rings is 1. The lowest BCUT2D eigenvalue weighted by Crippen LogP contribution is -2.32. The second kappa shape index (κ2) is 6.35. The average molecular weight is 302 g/mol. The van der Waals surface area contributed by atoms with Gasteiger partial charge in [0.25, 0.3) is 0 Å². The van der Waals surface area contributed by atoms with Crippen molar-refractivity contribution in [3.05, 3.63) is 16.3 Å². The first-order chi connectivity index (χ1) is 9.09. The van der Waals surface area contributed by atoms with Crippen molar-refractivity contribution in [2.45, 2.75) is 50.6 Å². The van der Waals surface area contributed by atoms with Gasteiger partial charge in [0.15, 0.2) is 0 Å². The van der Waals surface area contributed by atoms with Crippen LogP contribution in [0.2, 0.25) is 0 Å². The van der Waals surface area contributed by atoms with Crippen molar-refractivity contribution < 1.29 is 8.42 Å². The van der Waals surface area contributed by atoms with Crippen molar-refractivity contribution in [1.29, 1.82) is 0 Å². The number of sulfonamides is 1. The van der Waals surface area contributed by atoms with Gasteiger partial charge in [-0.05, 0) is 31.9 Å². The summed E-state index contributed by atoms with van der Waals surface area (Å²) in [7, 11) is -3.28. The molecule has 0 aliphatic heterocycles. The third kappa shape index (κ3) is 3.56. The summed E-state index contributed by atoms with van der Waals surface area (Å²) >= 11 is 1.52. The Hall–Kier alpha value is -0.430. The quantitative estimate of drug-likeness (QED) is 0.750. The predicted octanol–water partition coefficient (Wildman–Crippen LogP) is 2.42.